The first-order chi connectivity index (χ1) is 16.4. The number of pyridine rings is 1. The van der Waals surface area contributed by atoms with Crippen LogP contribution in [-0.4, -0.2) is 38.2 Å². The molecule has 0 aliphatic carbocycles. The SMILES string of the molecule is Cc1cn(-c2ccc(Nc3ncc4c(n3)N(C)C(c3cc(F)cc(F)c3)CO4)nc2C#N)cn1. The van der Waals surface area contributed by atoms with Gasteiger partial charge in [0.25, 0.3) is 0 Å². The minimum absolute atomic E-state index is 0.185. The third-order valence-corrected chi connectivity index (χ3v) is 5.41. The molecule has 1 N–H and O–H groups in total. The van der Waals surface area contributed by atoms with Gasteiger partial charge in [0, 0.05) is 19.3 Å². The topological polar surface area (TPSA) is 105 Å². The minimum atomic E-state index is -0.659. The third-order valence-electron chi connectivity index (χ3n) is 5.41. The van der Waals surface area contributed by atoms with E-state index < -0.39 is 17.7 Å². The number of hydrogen-bond acceptors (Lipinski definition) is 8. The summed E-state index contributed by atoms with van der Waals surface area (Å²) in [5.41, 5.74) is 2.05. The fourth-order valence-corrected chi connectivity index (χ4v) is 3.77. The summed E-state index contributed by atoms with van der Waals surface area (Å²) in [5, 5.41) is 12.6. The van der Waals surface area contributed by atoms with Crippen molar-refractivity contribution >= 4 is 17.6 Å². The predicted molar refractivity (Wildman–Crippen MR) is 119 cm³/mol. The lowest BCUT2D eigenvalue weighted by Crippen LogP contribution is -2.34. The number of aromatic nitrogens is 5. The number of imidazole rings is 1. The van der Waals surface area contributed by atoms with Crippen LogP contribution in [0.15, 0.2) is 49.1 Å². The van der Waals surface area contributed by atoms with Gasteiger partial charge in [-0.25, -0.2) is 23.7 Å². The van der Waals surface area contributed by atoms with Crippen LogP contribution >= 0.6 is 0 Å². The fourth-order valence-electron chi connectivity index (χ4n) is 3.77. The van der Waals surface area contributed by atoms with Gasteiger partial charge in [-0.3, -0.25) is 0 Å². The van der Waals surface area contributed by atoms with E-state index in [4.69, 9.17) is 4.74 Å². The zero-order chi connectivity index (χ0) is 23.8. The Labute approximate surface area is 193 Å². The van der Waals surface area contributed by atoms with Gasteiger partial charge >= 0.3 is 0 Å². The number of hydrogen-bond donors (Lipinski definition) is 1. The number of aryl methyl sites for hydroxylation is 1. The molecular weight excluding hydrogens is 442 g/mol. The Morgan fingerprint density at radius 3 is 2.65 bits per heavy atom. The van der Waals surface area contributed by atoms with Crippen molar-refractivity contribution in [2.45, 2.75) is 13.0 Å². The van der Waals surface area contributed by atoms with Crippen molar-refractivity contribution in [2.24, 2.45) is 0 Å². The van der Waals surface area contributed by atoms with Gasteiger partial charge in [0.05, 0.1) is 29.9 Å². The molecule has 0 saturated carbocycles. The average molecular weight is 460 g/mol. The molecule has 1 atom stereocenters. The number of ether oxygens (including phenoxy) is 1. The number of nitrogens with one attached hydrogen (secondary N) is 1. The van der Waals surface area contributed by atoms with Gasteiger partial charge in [-0.15, -0.1) is 0 Å². The van der Waals surface area contributed by atoms with E-state index in [1.165, 1.54) is 18.3 Å². The number of halogens is 2. The Hall–Kier alpha value is -4.59. The lowest BCUT2D eigenvalue weighted by atomic mass is 10.0. The molecule has 11 heteroatoms. The maximum atomic E-state index is 13.7. The van der Waals surface area contributed by atoms with Crippen molar-refractivity contribution in [3.63, 3.8) is 0 Å². The highest BCUT2D eigenvalue weighted by atomic mass is 19.1. The Balaban J connectivity index is 1.42. The molecule has 1 unspecified atom stereocenters. The van der Waals surface area contributed by atoms with Crippen LogP contribution in [0.1, 0.15) is 23.0 Å². The number of benzene rings is 1. The second kappa shape index (κ2) is 8.40. The monoisotopic (exact) mass is 460 g/mol. The van der Waals surface area contributed by atoms with E-state index in [-0.39, 0.29) is 18.2 Å². The Morgan fingerprint density at radius 2 is 1.94 bits per heavy atom. The molecule has 5 rings (SSSR count). The van der Waals surface area contributed by atoms with Crippen molar-refractivity contribution in [3.05, 3.63) is 77.6 Å². The molecule has 170 valence electrons. The van der Waals surface area contributed by atoms with Crippen LogP contribution in [0, 0.1) is 29.9 Å². The summed E-state index contributed by atoms with van der Waals surface area (Å²) in [4.78, 5) is 19.1. The van der Waals surface area contributed by atoms with E-state index in [0.717, 1.165) is 11.8 Å². The van der Waals surface area contributed by atoms with E-state index in [1.54, 1.807) is 41.2 Å². The van der Waals surface area contributed by atoms with Gasteiger partial charge in [-0.05, 0) is 36.8 Å². The maximum absolute atomic E-state index is 13.7. The number of anilines is 3. The normalized spacial score (nSPS) is 14.8. The molecule has 0 radical (unpaired) electrons. The molecule has 0 amide bonds. The molecule has 4 heterocycles. The van der Waals surface area contributed by atoms with Gasteiger partial charge in [0.1, 0.15) is 30.1 Å². The van der Waals surface area contributed by atoms with E-state index >= 15 is 0 Å². The Bertz CT molecular complexity index is 1410. The zero-order valence-corrected chi connectivity index (χ0v) is 18.2. The largest absolute Gasteiger partial charge is 0.486 e. The maximum Gasteiger partial charge on any atom is 0.230 e. The van der Waals surface area contributed by atoms with Gasteiger partial charge in [-0.2, -0.15) is 10.2 Å². The summed E-state index contributed by atoms with van der Waals surface area (Å²) >= 11 is 0. The van der Waals surface area contributed by atoms with Crippen LogP contribution in [0.25, 0.3) is 5.69 Å². The van der Waals surface area contributed by atoms with Crippen LogP contribution in [0.4, 0.5) is 26.4 Å². The van der Waals surface area contributed by atoms with Gasteiger partial charge in [0.2, 0.25) is 5.95 Å². The molecule has 0 bridgehead atoms. The number of nitrogens with zero attached hydrogens (tertiary/aromatic N) is 7. The highest BCUT2D eigenvalue weighted by Crippen LogP contribution is 2.37. The number of rotatable bonds is 4. The summed E-state index contributed by atoms with van der Waals surface area (Å²) in [6.07, 6.45) is 4.93. The van der Waals surface area contributed by atoms with Gasteiger partial charge in [-0.1, -0.05) is 0 Å². The first kappa shape index (κ1) is 21.3. The van der Waals surface area contributed by atoms with Gasteiger partial charge < -0.3 is 19.5 Å². The molecule has 34 heavy (non-hydrogen) atoms. The number of fused-ring (bicyclic) bond motifs is 1. The van der Waals surface area contributed by atoms with E-state index in [1.807, 2.05) is 6.92 Å². The average Bonchev–Trinajstić information content (AvgIpc) is 3.25. The molecule has 3 aromatic heterocycles. The zero-order valence-electron chi connectivity index (χ0n) is 18.2. The van der Waals surface area contributed by atoms with Crippen LogP contribution in [-0.2, 0) is 0 Å². The Morgan fingerprint density at radius 1 is 1.15 bits per heavy atom. The highest BCUT2D eigenvalue weighted by molar-refractivity contribution is 5.60. The van der Waals surface area contributed by atoms with Crippen molar-refractivity contribution in [1.29, 1.82) is 5.26 Å². The molecular formula is C23H18F2N8O. The predicted octanol–water partition coefficient (Wildman–Crippen LogP) is 3.83. The van der Waals surface area contributed by atoms with E-state index in [0.29, 0.717) is 28.6 Å². The van der Waals surface area contributed by atoms with Crippen molar-refractivity contribution in [2.75, 3.05) is 23.9 Å². The smallest absolute Gasteiger partial charge is 0.230 e. The van der Waals surface area contributed by atoms with E-state index in [2.05, 4.69) is 31.3 Å². The first-order valence-corrected chi connectivity index (χ1v) is 10.3. The van der Waals surface area contributed by atoms with Crippen LogP contribution in [0.2, 0.25) is 0 Å². The molecule has 0 fully saturated rings. The summed E-state index contributed by atoms with van der Waals surface area (Å²) < 4.78 is 35.0. The molecule has 1 aliphatic rings. The quantitative estimate of drug-likeness (QED) is 0.490. The van der Waals surface area contributed by atoms with Crippen LogP contribution < -0.4 is 15.0 Å². The fraction of sp³-hybridized carbons (Fsp3) is 0.174. The summed E-state index contributed by atoms with van der Waals surface area (Å²) in [6.45, 7) is 2.04. The lowest BCUT2D eigenvalue weighted by Gasteiger charge is -2.35. The molecule has 1 aromatic carbocycles. The van der Waals surface area contributed by atoms with Crippen LogP contribution in [0.5, 0.6) is 5.75 Å². The first-order valence-electron chi connectivity index (χ1n) is 10.3. The molecule has 1 aliphatic heterocycles. The molecule has 0 spiro atoms. The van der Waals surface area contributed by atoms with Gasteiger partial charge in [0.15, 0.2) is 17.3 Å². The number of nitriles is 1. The molecule has 0 saturated heterocycles. The van der Waals surface area contributed by atoms with Crippen molar-refractivity contribution in [3.8, 4) is 17.5 Å². The third kappa shape index (κ3) is 3.97. The second-order valence-corrected chi connectivity index (χ2v) is 7.75. The summed E-state index contributed by atoms with van der Waals surface area (Å²) in [7, 11) is 1.76. The lowest BCUT2D eigenvalue weighted by molar-refractivity contribution is 0.264. The summed E-state index contributed by atoms with van der Waals surface area (Å²) in [6, 6.07) is 8.47. The second-order valence-electron chi connectivity index (χ2n) is 7.75. The standard InChI is InChI=1S/C23H18F2N8O/c1-13-10-33(12-28-13)18-3-4-21(29-17(18)8-26)30-23-27-9-20-22(31-23)32(2)19(11-34-20)14-5-15(24)7-16(25)6-14/h3-7,9-10,12,19H,11H2,1-2H3,(H,27,29,30,31). The van der Waals surface area contributed by atoms with Crippen molar-refractivity contribution in [1.82, 2.24) is 24.5 Å². The van der Waals surface area contributed by atoms with E-state index in [9.17, 15) is 14.0 Å². The minimum Gasteiger partial charge on any atom is -0.486 e. The summed E-state index contributed by atoms with van der Waals surface area (Å²) in [5.74, 6) is 0.172. The molecule has 9 nitrogen and oxygen atoms in total. The van der Waals surface area contributed by atoms with Crippen LogP contribution in [0.3, 0.4) is 0 Å². The Kier molecular flexibility index (Phi) is 5.25. The van der Waals surface area contributed by atoms with Crippen molar-refractivity contribution < 1.29 is 13.5 Å². The number of likely N-dealkylation sites (N-methyl/N-ethyl adjacent to an activating group) is 1. The highest BCUT2D eigenvalue weighted by Gasteiger charge is 2.29. The molecule has 4 aromatic rings.